The van der Waals surface area contributed by atoms with Gasteiger partial charge in [-0.2, -0.15) is 0 Å². The third-order valence-electron chi connectivity index (χ3n) is 10.8. The van der Waals surface area contributed by atoms with Crippen molar-refractivity contribution >= 4 is 17.9 Å². The highest BCUT2D eigenvalue weighted by molar-refractivity contribution is 5.71. The summed E-state index contributed by atoms with van der Waals surface area (Å²) in [6.07, 6.45) is 42.6. The van der Waals surface area contributed by atoms with E-state index in [2.05, 4.69) is 27.7 Å². The van der Waals surface area contributed by atoms with Crippen molar-refractivity contribution in [2.45, 2.75) is 271 Å². The van der Waals surface area contributed by atoms with E-state index in [0.717, 1.165) is 70.1 Å². The second-order valence-electron chi connectivity index (χ2n) is 16.9. The van der Waals surface area contributed by atoms with Crippen molar-refractivity contribution in [2.75, 3.05) is 13.2 Å². The minimum Gasteiger partial charge on any atom is -0.462 e. The fourth-order valence-electron chi connectivity index (χ4n) is 7.16. The molecule has 0 saturated carbocycles. The van der Waals surface area contributed by atoms with Crippen LogP contribution in [0, 0.1) is 5.92 Å². The van der Waals surface area contributed by atoms with Crippen LogP contribution in [0.3, 0.4) is 0 Å². The van der Waals surface area contributed by atoms with Gasteiger partial charge < -0.3 is 14.2 Å². The molecule has 6 heteroatoms. The van der Waals surface area contributed by atoms with Crippen molar-refractivity contribution in [1.29, 1.82) is 0 Å². The molecule has 0 aliphatic rings. The van der Waals surface area contributed by atoms with Crippen LogP contribution in [0.1, 0.15) is 265 Å². The molecule has 0 spiro atoms. The van der Waals surface area contributed by atoms with Gasteiger partial charge in [0.2, 0.25) is 0 Å². The Morgan fingerprint density at radius 2 is 0.611 bits per heavy atom. The molecule has 0 aliphatic carbocycles. The number of rotatable bonds is 43. The molecule has 6 nitrogen and oxygen atoms in total. The summed E-state index contributed by atoms with van der Waals surface area (Å²) in [7, 11) is 0. The molecule has 0 bridgehead atoms. The van der Waals surface area contributed by atoms with E-state index in [1.165, 1.54) is 154 Å². The van der Waals surface area contributed by atoms with Gasteiger partial charge in [0.1, 0.15) is 13.2 Å². The second kappa shape index (κ2) is 42.6. The van der Waals surface area contributed by atoms with E-state index in [1.54, 1.807) is 0 Å². The first kappa shape index (κ1) is 52.4. The maximum atomic E-state index is 12.5. The number of unbranched alkanes of at least 4 members (excludes halogenated alkanes) is 30. The van der Waals surface area contributed by atoms with Crippen LogP contribution in [0.4, 0.5) is 0 Å². The molecule has 0 aliphatic heterocycles. The summed E-state index contributed by atoms with van der Waals surface area (Å²) in [5, 5.41) is 0. The lowest BCUT2D eigenvalue weighted by molar-refractivity contribution is -0.167. The minimum atomic E-state index is -0.757. The number of hydrogen-bond donors (Lipinski definition) is 0. The van der Waals surface area contributed by atoms with Gasteiger partial charge in [0, 0.05) is 19.3 Å². The largest absolute Gasteiger partial charge is 0.462 e. The average Bonchev–Trinajstić information content (AvgIpc) is 3.15. The summed E-state index contributed by atoms with van der Waals surface area (Å²) in [5.74, 6) is -0.0251. The van der Waals surface area contributed by atoms with Gasteiger partial charge in [-0.3, -0.25) is 14.4 Å². The fraction of sp³-hybridized carbons (Fsp3) is 0.938. The molecule has 0 heterocycles. The Morgan fingerprint density at radius 1 is 0.352 bits per heavy atom. The van der Waals surface area contributed by atoms with Gasteiger partial charge in [0.05, 0.1) is 0 Å². The highest BCUT2D eigenvalue weighted by Crippen LogP contribution is 2.16. The lowest BCUT2D eigenvalue weighted by Crippen LogP contribution is -2.30. The summed E-state index contributed by atoms with van der Waals surface area (Å²) in [4.78, 5) is 37.5. The molecule has 0 amide bonds. The Kier molecular flexibility index (Phi) is 41.3. The minimum absolute atomic E-state index is 0.0648. The smallest absolute Gasteiger partial charge is 0.306 e. The van der Waals surface area contributed by atoms with Crippen LogP contribution >= 0.6 is 0 Å². The highest BCUT2D eigenvalue weighted by atomic mass is 16.6. The molecule has 0 aromatic heterocycles. The molecule has 0 aromatic rings. The van der Waals surface area contributed by atoms with Crippen LogP contribution in [-0.2, 0) is 28.6 Å². The summed E-state index contributed by atoms with van der Waals surface area (Å²) in [6, 6.07) is 0. The molecule has 0 radical (unpaired) electrons. The molecule has 54 heavy (non-hydrogen) atoms. The van der Waals surface area contributed by atoms with E-state index in [1.807, 2.05) is 0 Å². The Balaban J connectivity index is 4.10. The van der Waals surface area contributed by atoms with Crippen LogP contribution in [0.15, 0.2) is 0 Å². The van der Waals surface area contributed by atoms with E-state index in [-0.39, 0.29) is 31.1 Å². The zero-order valence-corrected chi connectivity index (χ0v) is 36.7. The van der Waals surface area contributed by atoms with Gasteiger partial charge >= 0.3 is 17.9 Å². The average molecular weight is 765 g/mol. The Morgan fingerprint density at radius 3 is 0.907 bits per heavy atom. The summed E-state index contributed by atoms with van der Waals surface area (Å²) in [6.45, 7) is 8.94. The Hall–Kier alpha value is -1.59. The topological polar surface area (TPSA) is 78.9 Å². The van der Waals surface area contributed by atoms with Crippen LogP contribution in [-0.4, -0.2) is 37.2 Å². The normalized spacial score (nSPS) is 11.9. The summed E-state index contributed by atoms with van der Waals surface area (Å²) < 4.78 is 16.6. The van der Waals surface area contributed by atoms with Gasteiger partial charge in [0.15, 0.2) is 6.10 Å². The Labute approximate surface area is 336 Å². The predicted octanol–water partition coefficient (Wildman–Crippen LogP) is 15.1. The van der Waals surface area contributed by atoms with E-state index in [9.17, 15) is 14.4 Å². The van der Waals surface area contributed by atoms with E-state index < -0.39 is 6.10 Å². The highest BCUT2D eigenvalue weighted by Gasteiger charge is 2.19. The number of ether oxygens (including phenoxy) is 3. The molecular weight excluding hydrogens is 673 g/mol. The number of carbonyl (C=O) groups is 3. The molecule has 0 unspecified atom stereocenters. The third-order valence-corrected chi connectivity index (χ3v) is 10.8. The Bertz CT molecular complexity index is 811. The van der Waals surface area contributed by atoms with Crippen molar-refractivity contribution in [3.8, 4) is 0 Å². The molecule has 0 aromatic carbocycles. The molecule has 1 atom stereocenters. The summed E-state index contributed by atoms with van der Waals surface area (Å²) >= 11 is 0. The van der Waals surface area contributed by atoms with Crippen molar-refractivity contribution in [2.24, 2.45) is 5.92 Å². The zero-order chi connectivity index (χ0) is 39.6. The van der Waals surface area contributed by atoms with Crippen LogP contribution in [0.5, 0.6) is 0 Å². The van der Waals surface area contributed by atoms with Crippen LogP contribution < -0.4 is 0 Å². The van der Waals surface area contributed by atoms with Crippen molar-refractivity contribution in [1.82, 2.24) is 0 Å². The van der Waals surface area contributed by atoms with Crippen molar-refractivity contribution in [3.05, 3.63) is 0 Å². The number of carbonyl (C=O) groups excluding carboxylic acids is 3. The van der Waals surface area contributed by atoms with Crippen molar-refractivity contribution in [3.63, 3.8) is 0 Å². The zero-order valence-electron chi connectivity index (χ0n) is 36.7. The molecule has 0 fully saturated rings. The van der Waals surface area contributed by atoms with Gasteiger partial charge in [-0.05, 0) is 25.2 Å². The van der Waals surface area contributed by atoms with Gasteiger partial charge in [0.25, 0.3) is 0 Å². The lowest BCUT2D eigenvalue weighted by Gasteiger charge is -2.18. The molecule has 320 valence electrons. The lowest BCUT2D eigenvalue weighted by atomic mass is 10.0. The van der Waals surface area contributed by atoms with E-state index in [0.29, 0.717) is 19.3 Å². The number of hydrogen-bond acceptors (Lipinski definition) is 6. The predicted molar refractivity (Wildman–Crippen MR) is 229 cm³/mol. The van der Waals surface area contributed by atoms with E-state index in [4.69, 9.17) is 14.2 Å². The monoisotopic (exact) mass is 765 g/mol. The fourth-order valence-corrected chi connectivity index (χ4v) is 7.16. The summed E-state index contributed by atoms with van der Waals surface area (Å²) in [5.41, 5.74) is 0. The standard InChI is InChI=1S/C48H92O6/c1-5-7-9-11-12-13-14-15-16-19-22-25-28-32-35-39-46(49)52-42-45(54-48(51)41-37-30-10-8-6-2)43-53-47(50)40-36-33-29-26-23-20-17-18-21-24-27-31-34-38-44(3)4/h44-45H,5-43H2,1-4H3/t45-/m1/s1. The van der Waals surface area contributed by atoms with Crippen LogP contribution in [0.2, 0.25) is 0 Å². The molecule has 0 rings (SSSR count). The second-order valence-corrected chi connectivity index (χ2v) is 16.9. The van der Waals surface area contributed by atoms with Gasteiger partial charge in [-0.1, -0.05) is 227 Å². The van der Waals surface area contributed by atoms with Gasteiger partial charge in [-0.25, -0.2) is 0 Å². The SMILES string of the molecule is CCCCCCCCCCCCCCCCCC(=O)OC[C@H](COC(=O)CCCCCCCCCCCCCCCC(C)C)OC(=O)CCCCCCC. The first-order valence-corrected chi connectivity index (χ1v) is 23.9. The van der Waals surface area contributed by atoms with Gasteiger partial charge in [-0.15, -0.1) is 0 Å². The first-order chi connectivity index (χ1) is 26.4. The maximum Gasteiger partial charge on any atom is 0.306 e. The van der Waals surface area contributed by atoms with Crippen LogP contribution in [0.25, 0.3) is 0 Å². The molecule has 0 N–H and O–H groups in total. The quantitative estimate of drug-likeness (QED) is 0.0349. The maximum absolute atomic E-state index is 12.5. The molecule has 0 saturated heterocycles. The first-order valence-electron chi connectivity index (χ1n) is 23.9. The van der Waals surface area contributed by atoms with E-state index >= 15 is 0 Å². The molecular formula is C48H92O6. The van der Waals surface area contributed by atoms with Crippen molar-refractivity contribution < 1.29 is 28.6 Å². The number of esters is 3. The third kappa shape index (κ3) is 41.6.